The number of thiocarbonyl (C=S) groups is 1. The van der Waals surface area contributed by atoms with Gasteiger partial charge in [0.2, 0.25) is 0 Å². The number of nitrogens with zero attached hydrogens (tertiary/aromatic N) is 2. The maximum absolute atomic E-state index is 4.68. The lowest BCUT2D eigenvalue weighted by atomic mass is 10.3. The van der Waals surface area contributed by atoms with Crippen LogP contribution in [0, 0.1) is 0 Å². The Morgan fingerprint density at radius 2 is 2.31 bits per heavy atom. The zero-order chi connectivity index (χ0) is 9.10. The van der Waals surface area contributed by atoms with E-state index in [2.05, 4.69) is 22.5 Å². The van der Waals surface area contributed by atoms with Gasteiger partial charge in [0, 0.05) is 0 Å². The summed E-state index contributed by atoms with van der Waals surface area (Å²) in [5.41, 5.74) is 3.63. The Kier molecular flexibility index (Phi) is 2.23. The second kappa shape index (κ2) is 3.53. The summed E-state index contributed by atoms with van der Waals surface area (Å²) in [7, 11) is 0. The van der Waals surface area contributed by atoms with E-state index in [1.54, 1.807) is 6.33 Å². The maximum Gasteiger partial charge on any atom is 0.0973 e. The molecule has 2 aromatic rings. The van der Waals surface area contributed by atoms with E-state index in [0.717, 1.165) is 11.0 Å². The number of aromatic nitrogens is 2. The lowest BCUT2D eigenvalue weighted by molar-refractivity contribution is 0.694. The van der Waals surface area contributed by atoms with E-state index >= 15 is 0 Å². The van der Waals surface area contributed by atoms with Crippen LogP contribution in [0.4, 0.5) is 0 Å². The van der Waals surface area contributed by atoms with E-state index in [9.17, 15) is 0 Å². The van der Waals surface area contributed by atoms with Crippen LogP contribution < -0.4 is 5.32 Å². The van der Waals surface area contributed by atoms with Gasteiger partial charge in [0.1, 0.15) is 0 Å². The van der Waals surface area contributed by atoms with Gasteiger partial charge in [0.05, 0.1) is 29.5 Å². The number of benzene rings is 1. The Balaban J connectivity index is 2.40. The summed E-state index contributed by atoms with van der Waals surface area (Å²) >= 11 is 4.68. The van der Waals surface area contributed by atoms with Crippen molar-refractivity contribution in [1.82, 2.24) is 14.9 Å². The fraction of sp³-hybridized carbons (Fsp3) is 0.111. The maximum atomic E-state index is 4.68. The highest BCUT2D eigenvalue weighted by Gasteiger charge is 1.98. The van der Waals surface area contributed by atoms with Gasteiger partial charge in [-0.05, 0) is 12.1 Å². The Bertz CT molecular complexity index is 421. The predicted molar refractivity (Wildman–Crippen MR) is 56.5 cm³/mol. The van der Waals surface area contributed by atoms with Crippen LogP contribution in [0.25, 0.3) is 11.0 Å². The topological polar surface area (TPSA) is 29.9 Å². The molecule has 0 aliphatic rings. The van der Waals surface area contributed by atoms with Crippen molar-refractivity contribution >= 4 is 28.7 Å². The van der Waals surface area contributed by atoms with Gasteiger partial charge in [-0.25, -0.2) is 4.98 Å². The smallest absolute Gasteiger partial charge is 0.0973 e. The van der Waals surface area contributed by atoms with Crippen molar-refractivity contribution in [3.8, 4) is 0 Å². The molecule has 0 aliphatic heterocycles. The minimum Gasteiger partial charge on any atom is -0.365 e. The molecule has 0 saturated heterocycles. The first-order chi connectivity index (χ1) is 6.42. The van der Waals surface area contributed by atoms with Crippen molar-refractivity contribution in [3.05, 3.63) is 30.6 Å². The molecule has 2 rings (SSSR count). The SMILES string of the molecule is S=CNCn1cnc2ccccc21. The molecule has 1 N–H and O–H groups in total. The van der Waals surface area contributed by atoms with Gasteiger partial charge in [-0.15, -0.1) is 0 Å². The van der Waals surface area contributed by atoms with E-state index in [0.29, 0.717) is 6.67 Å². The summed E-state index contributed by atoms with van der Waals surface area (Å²) in [4.78, 5) is 4.25. The average molecular weight is 191 g/mol. The number of imidazole rings is 1. The van der Waals surface area contributed by atoms with Crippen molar-refractivity contribution in [1.29, 1.82) is 0 Å². The van der Waals surface area contributed by atoms with Gasteiger partial charge in [0.25, 0.3) is 0 Å². The van der Waals surface area contributed by atoms with Crippen LogP contribution in [-0.4, -0.2) is 15.0 Å². The Morgan fingerprint density at radius 1 is 1.46 bits per heavy atom. The van der Waals surface area contributed by atoms with Crippen molar-refractivity contribution in [2.24, 2.45) is 0 Å². The van der Waals surface area contributed by atoms with Gasteiger partial charge in [-0.3, -0.25) is 0 Å². The fourth-order valence-electron chi connectivity index (χ4n) is 1.27. The van der Waals surface area contributed by atoms with Crippen LogP contribution in [0.3, 0.4) is 0 Å². The number of nitrogens with one attached hydrogen (secondary N) is 1. The van der Waals surface area contributed by atoms with Gasteiger partial charge in [0.15, 0.2) is 0 Å². The number of para-hydroxylation sites is 2. The Morgan fingerprint density at radius 3 is 3.15 bits per heavy atom. The molecule has 0 saturated carbocycles. The zero-order valence-electron chi connectivity index (χ0n) is 6.97. The predicted octanol–water partition coefficient (Wildman–Crippen LogP) is 1.54. The second-order valence-corrected chi connectivity index (χ2v) is 2.92. The number of rotatable bonds is 3. The minimum atomic E-state index is 0.671. The molecule has 66 valence electrons. The molecule has 0 atom stereocenters. The lowest BCUT2D eigenvalue weighted by Crippen LogP contribution is -2.14. The van der Waals surface area contributed by atoms with E-state index in [1.807, 2.05) is 28.8 Å². The standard InChI is InChI=1S/C9H9N3S/c13-7-10-5-12-6-11-8-3-1-2-4-9(8)12/h1-4,6-7H,5H2,(H,10,13). The van der Waals surface area contributed by atoms with Crippen LogP contribution in [0.5, 0.6) is 0 Å². The third-order valence-corrected chi connectivity index (χ3v) is 2.04. The third kappa shape index (κ3) is 1.53. The highest BCUT2D eigenvalue weighted by atomic mass is 32.1. The first-order valence-corrected chi connectivity index (χ1v) is 4.46. The van der Waals surface area contributed by atoms with Crippen LogP contribution >= 0.6 is 12.2 Å². The molecular weight excluding hydrogens is 182 g/mol. The second-order valence-electron chi connectivity index (χ2n) is 2.68. The molecule has 3 nitrogen and oxygen atoms in total. The lowest BCUT2D eigenvalue weighted by Gasteiger charge is -2.01. The van der Waals surface area contributed by atoms with Crippen LogP contribution in [-0.2, 0) is 6.67 Å². The molecule has 0 unspecified atom stereocenters. The summed E-state index contributed by atoms with van der Waals surface area (Å²) in [6.07, 6.45) is 1.80. The summed E-state index contributed by atoms with van der Waals surface area (Å²) in [6.45, 7) is 0.671. The quantitative estimate of drug-likeness (QED) is 0.746. The first kappa shape index (κ1) is 8.19. The van der Waals surface area contributed by atoms with E-state index in [4.69, 9.17) is 0 Å². The zero-order valence-corrected chi connectivity index (χ0v) is 7.79. The molecule has 0 amide bonds. The fourth-order valence-corrected chi connectivity index (χ4v) is 1.35. The molecular formula is C9H9N3S. The molecule has 0 aliphatic carbocycles. The molecule has 1 heterocycles. The number of fused-ring (bicyclic) bond motifs is 1. The molecule has 0 radical (unpaired) electrons. The molecule has 0 bridgehead atoms. The normalized spacial score (nSPS) is 10.2. The van der Waals surface area contributed by atoms with Crippen molar-refractivity contribution in [2.45, 2.75) is 6.67 Å². The molecule has 1 aromatic heterocycles. The molecule has 13 heavy (non-hydrogen) atoms. The average Bonchev–Trinajstić information content (AvgIpc) is 2.58. The van der Waals surface area contributed by atoms with Crippen molar-refractivity contribution in [2.75, 3.05) is 0 Å². The summed E-state index contributed by atoms with van der Waals surface area (Å²) in [6, 6.07) is 8.00. The Hall–Kier alpha value is -1.42. The molecule has 0 fully saturated rings. The van der Waals surface area contributed by atoms with Gasteiger partial charge in [-0.2, -0.15) is 0 Å². The minimum absolute atomic E-state index is 0.671. The van der Waals surface area contributed by atoms with Crippen molar-refractivity contribution in [3.63, 3.8) is 0 Å². The molecule has 4 heteroatoms. The summed E-state index contributed by atoms with van der Waals surface area (Å²) in [5.74, 6) is 0. The van der Waals surface area contributed by atoms with Gasteiger partial charge >= 0.3 is 0 Å². The van der Waals surface area contributed by atoms with E-state index in [1.165, 1.54) is 5.49 Å². The number of hydrogen-bond acceptors (Lipinski definition) is 2. The monoisotopic (exact) mass is 191 g/mol. The molecule has 0 spiro atoms. The van der Waals surface area contributed by atoms with E-state index in [-0.39, 0.29) is 0 Å². The summed E-state index contributed by atoms with van der Waals surface area (Å²) in [5, 5.41) is 2.96. The highest BCUT2D eigenvalue weighted by Crippen LogP contribution is 2.10. The highest BCUT2D eigenvalue weighted by molar-refractivity contribution is 7.78. The van der Waals surface area contributed by atoms with Crippen LogP contribution in [0.15, 0.2) is 30.6 Å². The van der Waals surface area contributed by atoms with E-state index < -0.39 is 0 Å². The molecule has 1 aromatic carbocycles. The largest absolute Gasteiger partial charge is 0.365 e. The van der Waals surface area contributed by atoms with Crippen molar-refractivity contribution < 1.29 is 0 Å². The van der Waals surface area contributed by atoms with Crippen LogP contribution in [0.2, 0.25) is 0 Å². The first-order valence-electron chi connectivity index (χ1n) is 3.99. The summed E-state index contributed by atoms with van der Waals surface area (Å²) < 4.78 is 2.01. The number of hydrogen-bond donors (Lipinski definition) is 1. The van der Waals surface area contributed by atoms with Gasteiger partial charge < -0.3 is 9.88 Å². The van der Waals surface area contributed by atoms with Gasteiger partial charge in [-0.1, -0.05) is 24.4 Å². The third-order valence-electron chi connectivity index (χ3n) is 1.87. The van der Waals surface area contributed by atoms with Crippen LogP contribution in [0.1, 0.15) is 0 Å². The Labute approximate surface area is 81.4 Å².